The highest BCUT2D eigenvalue weighted by Gasteiger charge is 2.20. The third-order valence-corrected chi connectivity index (χ3v) is 2.65. The van der Waals surface area contributed by atoms with Crippen molar-refractivity contribution < 1.29 is 4.39 Å². The van der Waals surface area contributed by atoms with Crippen molar-refractivity contribution in [2.75, 3.05) is 6.54 Å². The highest BCUT2D eigenvalue weighted by molar-refractivity contribution is 6.01. The predicted molar refractivity (Wildman–Crippen MR) is 66.6 cm³/mol. The number of nitrogens with zero attached hydrogens (tertiary/aromatic N) is 4. The molecule has 18 heavy (non-hydrogen) atoms. The largest absolute Gasteiger partial charge is 0.337 e. The average Bonchev–Trinajstić information content (AvgIpc) is 2.88. The first-order valence-electron chi connectivity index (χ1n) is 5.74. The highest BCUT2D eigenvalue weighted by atomic mass is 19.1. The zero-order valence-electron chi connectivity index (χ0n) is 9.83. The number of nitriles is 1. The van der Waals surface area contributed by atoms with Crippen LogP contribution in [0.5, 0.6) is 0 Å². The van der Waals surface area contributed by atoms with Crippen LogP contribution in [0.1, 0.15) is 6.42 Å². The van der Waals surface area contributed by atoms with E-state index in [1.54, 1.807) is 24.7 Å². The Morgan fingerprint density at radius 3 is 3.17 bits per heavy atom. The Hall–Kier alpha value is -2.22. The molecule has 5 heteroatoms. The van der Waals surface area contributed by atoms with Gasteiger partial charge in [0.05, 0.1) is 18.1 Å². The first-order valence-corrected chi connectivity index (χ1v) is 5.74. The van der Waals surface area contributed by atoms with Crippen molar-refractivity contribution in [3.8, 4) is 6.07 Å². The zero-order chi connectivity index (χ0) is 12.8. The first-order chi connectivity index (χ1) is 8.81. The number of rotatable bonds is 4. The second-order valence-electron chi connectivity index (χ2n) is 3.93. The standard InChI is InChI=1S/C13H13FN4/c14-12-3-1-4-13(11(12)9-15)17-5-2-7-18-8-6-16-10-18/h1,3-4,6,8,10-11H,2,5,7H2/b17-13-. The molecule has 1 heterocycles. The SMILES string of the molecule is N#CC1C(F)=CC=C/C1=N/CCCn1ccnc1. The molecular formula is C13H13FN4. The summed E-state index contributed by atoms with van der Waals surface area (Å²) < 4.78 is 15.3. The first kappa shape index (κ1) is 12.2. The van der Waals surface area contributed by atoms with Gasteiger partial charge in [-0.05, 0) is 18.6 Å². The molecule has 4 nitrogen and oxygen atoms in total. The average molecular weight is 244 g/mol. The molecule has 0 aromatic carbocycles. The minimum Gasteiger partial charge on any atom is -0.337 e. The fourth-order valence-electron chi connectivity index (χ4n) is 1.72. The quantitative estimate of drug-likeness (QED) is 0.763. The number of aryl methyl sites for hydroxylation is 1. The maximum Gasteiger partial charge on any atom is 0.139 e. The maximum atomic E-state index is 13.3. The van der Waals surface area contributed by atoms with E-state index in [0.717, 1.165) is 13.0 Å². The Morgan fingerprint density at radius 1 is 1.56 bits per heavy atom. The molecule has 2 rings (SSSR count). The van der Waals surface area contributed by atoms with Gasteiger partial charge in [-0.1, -0.05) is 6.08 Å². The smallest absolute Gasteiger partial charge is 0.139 e. The van der Waals surface area contributed by atoms with E-state index in [4.69, 9.17) is 5.26 Å². The van der Waals surface area contributed by atoms with Gasteiger partial charge in [0.15, 0.2) is 0 Å². The van der Waals surface area contributed by atoms with Crippen molar-refractivity contribution >= 4 is 5.71 Å². The molecule has 1 aliphatic carbocycles. The van der Waals surface area contributed by atoms with Crippen molar-refractivity contribution in [1.29, 1.82) is 5.26 Å². The van der Waals surface area contributed by atoms with Crippen molar-refractivity contribution in [3.05, 3.63) is 42.8 Å². The molecule has 0 bridgehead atoms. The summed E-state index contributed by atoms with van der Waals surface area (Å²) >= 11 is 0. The van der Waals surface area contributed by atoms with Gasteiger partial charge >= 0.3 is 0 Å². The van der Waals surface area contributed by atoms with Gasteiger partial charge in [0, 0.05) is 25.5 Å². The molecule has 0 aliphatic heterocycles. The van der Waals surface area contributed by atoms with Crippen molar-refractivity contribution in [2.45, 2.75) is 13.0 Å². The Labute approximate surface area is 105 Å². The topological polar surface area (TPSA) is 54.0 Å². The minimum absolute atomic E-state index is 0.437. The number of aromatic nitrogens is 2. The Bertz CT molecular complexity index is 520. The van der Waals surface area contributed by atoms with Crippen LogP contribution < -0.4 is 0 Å². The number of hydrogen-bond donors (Lipinski definition) is 0. The lowest BCUT2D eigenvalue weighted by atomic mass is 9.99. The number of imidazole rings is 1. The summed E-state index contributed by atoms with van der Waals surface area (Å²) in [5.74, 6) is -1.28. The van der Waals surface area contributed by atoms with E-state index in [0.29, 0.717) is 12.3 Å². The molecule has 0 radical (unpaired) electrons. The van der Waals surface area contributed by atoms with E-state index in [2.05, 4.69) is 9.98 Å². The minimum atomic E-state index is -0.844. The van der Waals surface area contributed by atoms with E-state index in [9.17, 15) is 4.39 Å². The van der Waals surface area contributed by atoms with E-state index < -0.39 is 11.7 Å². The molecule has 1 aromatic heterocycles. The van der Waals surface area contributed by atoms with Crippen LogP contribution in [0.2, 0.25) is 0 Å². The van der Waals surface area contributed by atoms with Crippen LogP contribution in [-0.4, -0.2) is 21.8 Å². The van der Waals surface area contributed by atoms with Crippen molar-refractivity contribution in [3.63, 3.8) is 0 Å². The second-order valence-corrected chi connectivity index (χ2v) is 3.93. The third kappa shape index (κ3) is 2.92. The van der Waals surface area contributed by atoms with Gasteiger partial charge in [0.25, 0.3) is 0 Å². The monoisotopic (exact) mass is 244 g/mol. The number of allylic oxidation sites excluding steroid dienone is 4. The van der Waals surface area contributed by atoms with Crippen LogP contribution in [0, 0.1) is 17.2 Å². The highest BCUT2D eigenvalue weighted by Crippen LogP contribution is 2.19. The number of halogens is 1. The lowest BCUT2D eigenvalue weighted by Gasteiger charge is -2.10. The van der Waals surface area contributed by atoms with Crippen molar-refractivity contribution in [2.24, 2.45) is 10.9 Å². The normalized spacial score (nSPS) is 20.8. The van der Waals surface area contributed by atoms with Crippen LogP contribution in [0.25, 0.3) is 0 Å². The summed E-state index contributed by atoms with van der Waals surface area (Å²) in [6.07, 6.45) is 10.8. The Morgan fingerprint density at radius 2 is 2.44 bits per heavy atom. The van der Waals surface area contributed by atoms with Crippen LogP contribution in [0.15, 0.2) is 47.8 Å². The van der Waals surface area contributed by atoms with E-state index in [1.807, 2.05) is 16.8 Å². The fraction of sp³-hybridized carbons (Fsp3) is 0.308. The van der Waals surface area contributed by atoms with Crippen LogP contribution >= 0.6 is 0 Å². The molecule has 0 fully saturated rings. The summed E-state index contributed by atoms with van der Waals surface area (Å²) in [6, 6.07) is 1.92. The summed E-state index contributed by atoms with van der Waals surface area (Å²) in [5, 5.41) is 8.88. The molecule has 0 amide bonds. The number of hydrogen-bond acceptors (Lipinski definition) is 3. The molecule has 92 valence electrons. The number of aliphatic imine (C=N–C) groups is 1. The lowest BCUT2D eigenvalue weighted by Crippen LogP contribution is -2.14. The summed E-state index contributed by atoms with van der Waals surface area (Å²) in [7, 11) is 0. The molecule has 0 spiro atoms. The molecule has 1 aliphatic rings. The second kappa shape index (κ2) is 5.92. The van der Waals surface area contributed by atoms with Gasteiger partial charge in [-0.15, -0.1) is 0 Å². The molecular weight excluding hydrogens is 231 g/mol. The van der Waals surface area contributed by atoms with Crippen LogP contribution in [-0.2, 0) is 6.54 Å². The van der Waals surface area contributed by atoms with Crippen molar-refractivity contribution in [1.82, 2.24) is 9.55 Å². The fourth-order valence-corrected chi connectivity index (χ4v) is 1.72. The van der Waals surface area contributed by atoms with Gasteiger partial charge in [-0.25, -0.2) is 9.37 Å². The summed E-state index contributed by atoms with van der Waals surface area (Å²) in [4.78, 5) is 8.22. The lowest BCUT2D eigenvalue weighted by molar-refractivity contribution is 0.585. The van der Waals surface area contributed by atoms with Gasteiger partial charge in [0.1, 0.15) is 11.7 Å². The summed E-state index contributed by atoms with van der Waals surface area (Å²) in [6.45, 7) is 1.39. The van der Waals surface area contributed by atoms with E-state index >= 15 is 0 Å². The van der Waals surface area contributed by atoms with Gasteiger partial charge < -0.3 is 4.57 Å². The predicted octanol–water partition coefficient (Wildman–Crippen LogP) is 2.28. The molecule has 1 unspecified atom stereocenters. The Balaban J connectivity index is 1.88. The van der Waals surface area contributed by atoms with Gasteiger partial charge in [-0.3, -0.25) is 4.99 Å². The molecule has 0 saturated heterocycles. The van der Waals surface area contributed by atoms with E-state index in [1.165, 1.54) is 6.08 Å². The van der Waals surface area contributed by atoms with Crippen LogP contribution in [0.3, 0.4) is 0 Å². The third-order valence-electron chi connectivity index (χ3n) is 2.65. The molecule has 0 saturated carbocycles. The molecule has 0 N–H and O–H groups in total. The Kier molecular flexibility index (Phi) is 4.02. The van der Waals surface area contributed by atoms with E-state index in [-0.39, 0.29) is 0 Å². The van der Waals surface area contributed by atoms with Gasteiger partial charge in [-0.2, -0.15) is 5.26 Å². The molecule has 1 atom stereocenters. The summed E-state index contributed by atoms with van der Waals surface area (Å²) in [5.41, 5.74) is 0.503. The van der Waals surface area contributed by atoms with Crippen LogP contribution in [0.4, 0.5) is 4.39 Å². The van der Waals surface area contributed by atoms with Gasteiger partial charge in [0.2, 0.25) is 0 Å². The zero-order valence-corrected chi connectivity index (χ0v) is 9.83. The molecule has 1 aromatic rings. The maximum absolute atomic E-state index is 13.3.